The molecule has 1 aromatic heterocycles. The minimum absolute atomic E-state index is 0.188. The van der Waals surface area contributed by atoms with Crippen molar-refractivity contribution in [2.24, 2.45) is 0 Å². The van der Waals surface area contributed by atoms with Crippen molar-refractivity contribution in [3.63, 3.8) is 0 Å². The van der Waals surface area contributed by atoms with Crippen LogP contribution < -0.4 is 0 Å². The van der Waals surface area contributed by atoms with Crippen molar-refractivity contribution in [2.75, 3.05) is 6.61 Å². The molecule has 0 unspecified atom stereocenters. The minimum Gasteiger partial charge on any atom is -0.389 e. The summed E-state index contributed by atoms with van der Waals surface area (Å²) in [5.74, 6) is -0.188. The third kappa shape index (κ3) is 4.34. The van der Waals surface area contributed by atoms with Gasteiger partial charge in [-0.3, -0.25) is 4.79 Å². The van der Waals surface area contributed by atoms with E-state index in [1.54, 1.807) is 6.20 Å². The van der Waals surface area contributed by atoms with Gasteiger partial charge in [0.2, 0.25) is 0 Å². The first-order valence-electron chi connectivity index (χ1n) is 9.30. The highest BCUT2D eigenvalue weighted by molar-refractivity contribution is 5.82. The Morgan fingerprint density at radius 1 is 1.00 bits per heavy atom. The number of hydrogen-bond acceptors (Lipinski definition) is 3. The van der Waals surface area contributed by atoms with E-state index in [-0.39, 0.29) is 12.2 Å². The number of aliphatic hydroxyl groups is 1. The fraction of sp³-hybridized carbons (Fsp3) is 0.304. The molecule has 3 rings (SSSR count). The number of carbonyl (C=O) groups is 1. The van der Waals surface area contributed by atoms with E-state index in [9.17, 15) is 4.79 Å². The summed E-state index contributed by atoms with van der Waals surface area (Å²) in [6.07, 6.45) is 3.63. The third-order valence-corrected chi connectivity index (χ3v) is 5.15. The van der Waals surface area contributed by atoms with Gasteiger partial charge in [0.25, 0.3) is 0 Å². The number of aryl methyl sites for hydroxylation is 3. The number of aliphatic hydroxyl groups excluding tert-OH is 1. The van der Waals surface area contributed by atoms with Gasteiger partial charge in [0.1, 0.15) is 6.61 Å². The first-order valence-corrected chi connectivity index (χ1v) is 9.30. The van der Waals surface area contributed by atoms with E-state index in [1.165, 1.54) is 22.3 Å². The van der Waals surface area contributed by atoms with Crippen molar-refractivity contribution in [1.29, 1.82) is 0 Å². The van der Waals surface area contributed by atoms with E-state index in [4.69, 9.17) is 5.11 Å². The maximum Gasteiger partial charge on any atom is 0.162 e. The number of hydrogen-bond donors (Lipinski definition) is 1. The molecule has 4 nitrogen and oxygen atoms in total. The van der Waals surface area contributed by atoms with E-state index in [0.29, 0.717) is 0 Å². The van der Waals surface area contributed by atoms with Crippen LogP contribution in [0.2, 0.25) is 0 Å². The molecule has 0 spiro atoms. The molecule has 0 bridgehead atoms. The summed E-state index contributed by atoms with van der Waals surface area (Å²) in [6, 6.07) is 14.6. The molecule has 0 radical (unpaired) electrons. The number of benzene rings is 2. The van der Waals surface area contributed by atoms with Crippen LogP contribution >= 0.6 is 0 Å². The summed E-state index contributed by atoms with van der Waals surface area (Å²) in [4.78, 5) is 11.8. The van der Waals surface area contributed by atoms with Crippen molar-refractivity contribution in [3.8, 4) is 5.69 Å². The SMILES string of the molecule is Cc1ccc(-n2ncc(CC(=O)CO)c2CCc2cccc(C)c2C)cc1. The molecule has 1 N–H and O–H groups in total. The average molecular weight is 362 g/mol. The summed E-state index contributed by atoms with van der Waals surface area (Å²) in [5, 5.41) is 13.7. The fourth-order valence-electron chi connectivity index (χ4n) is 3.33. The molecule has 2 aromatic carbocycles. The van der Waals surface area contributed by atoms with Crippen molar-refractivity contribution in [1.82, 2.24) is 9.78 Å². The molecule has 0 amide bonds. The first-order chi connectivity index (χ1) is 13.0. The van der Waals surface area contributed by atoms with Crippen LogP contribution in [0.15, 0.2) is 48.7 Å². The number of ketones is 1. The molecule has 27 heavy (non-hydrogen) atoms. The maximum atomic E-state index is 11.8. The van der Waals surface area contributed by atoms with Crippen LogP contribution in [0.25, 0.3) is 5.69 Å². The molecular weight excluding hydrogens is 336 g/mol. The second kappa shape index (κ2) is 8.31. The van der Waals surface area contributed by atoms with Gasteiger partial charge in [0.05, 0.1) is 11.9 Å². The highest BCUT2D eigenvalue weighted by Crippen LogP contribution is 2.21. The fourth-order valence-corrected chi connectivity index (χ4v) is 3.33. The summed E-state index contributed by atoms with van der Waals surface area (Å²) in [7, 11) is 0. The van der Waals surface area contributed by atoms with Gasteiger partial charge in [0, 0.05) is 17.7 Å². The Bertz CT molecular complexity index is 940. The van der Waals surface area contributed by atoms with E-state index >= 15 is 0 Å². The molecule has 0 aliphatic rings. The molecular formula is C23H26N2O2. The van der Waals surface area contributed by atoms with Crippen LogP contribution in [0.5, 0.6) is 0 Å². The monoisotopic (exact) mass is 362 g/mol. The Hall–Kier alpha value is -2.72. The number of Topliss-reactive ketones (excluding diaryl/α,β-unsaturated/α-hetero) is 1. The molecule has 0 saturated heterocycles. The Balaban J connectivity index is 1.94. The Labute approximate surface area is 160 Å². The van der Waals surface area contributed by atoms with Gasteiger partial charge in [-0.1, -0.05) is 35.9 Å². The number of rotatable bonds is 7. The number of carbonyl (C=O) groups excluding carboxylic acids is 1. The standard InChI is InChI=1S/C23H26N2O2/c1-16-7-10-21(11-8-16)25-23(20(14-24-25)13-22(27)15-26)12-9-19-6-4-5-17(2)18(19)3/h4-8,10-11,14,26H,9,12-13,15H2,1-3H3. The largest absolute Gasteiger partial charge is 0.389 e. The quantitative estimate of drug-likeness (QED) is 0.697. The van der Waals surface area contributed by atoms with Crippen molar-refractivity contribution in [3.05, 3.63) is 82.2 Å². The highest BCUT2D eigenvalue weighted by Gasteiger charge is 2.15. The summed E-state index contributed by atoms with van der Waals surface area (Å²) in [5.41, 5.74) is 8.01. The predicted octanol–water partition coefficient (Wildman–Crippen LogP) is 3.69. The lowest BCUT2D eigenvalue weighted by Crippen LogP contribution is -2.11. The molecule has 0 aliphatic heterocycles. The van der Waals surface area contributed by atoms with Gasteiger partial charge in [0.15, 0.2) is 5.78 Å². The van der Waals surface area contributed by atoms with Crippen LogP contribution in [-0.2, 0) is 24.1 Å². The zero-order valence-electron chi connectivity index (χ0n) is 16.2. The van der Waals surface area contributed by atoms with Gasteiger partial charge in [-0.15, -0.1) is 0 Å². The molecule has 3 aromatic rings. The van der Waals surface area contributed by atoms with Crippen LogP contribution in [0.4, 0.5) is 0 Å². The Morgan fingerprint density at radius 2 is 1.74 bits per heavy atom. The van der Waals surface area contributed by atoms with Gasteiger partial charge >= 0.3 is 0 Å². The van der Waals surface area contributed by atoms with E-state index in [0.717, 1.165) is 29.8 Å². The Morgan fingerprint density at radius 3 is 2.44 bits per heavy atom. The van der Waals surface area contributed by atoms with Crippen molar-refractivity contribution >= 4 is 5.78 Å². The van der Waals surface area contributed by atoms with Gasteiger partial charge in [-0.05, 0) is 62.4 Å². The molecule has 140 valence electrons. The van der Waals surface area contributed by atoms with Gasteiger partial charge in [-0.2, -0.15) is 5.10 Å². The smallest absolute Gasteiger partial charge is 0.162 e. The van der Waals surface area contributed by atoms with E-state index < -0.39 is 6.61 Å². The average Bonchev–Trinajstić information content (AvgIpc) is 3.06. The van der Waals surface area contributed by atoms with Crippen LogP contribution in [0, 0.1) is 20.8 Å². The van der Waals surface area contributed by atoms with Gasteiger partial charge in [-0.25, -0.2) is 4.68 Å². The predicted molar refractivity (Wildman–Crippen MR) is 107 cm³/mol. The molecule has 4 heteroatoms. The summed E-state index contributed by atoms with van der Waals surface area (Å²) >= 11 is 0. The second-order valence-electron chi connectivity index (χ2n) is 7.10. The highest BCUT2D eigenvalue weighted by atomic mass is 16.3. The van der Waals surface area contributed by atoms with Crippen LogP contribution in [-0.4, -0.2) is 27.3 Å². The number of nitrogens with zero attached hydrogens (tertiary/aromatic N) is 2. The lowest BCUT2D eigenvalue weighted by molar-refractivity contribution is -0.121. The van der Waals surface area contributed by atoms with Gasteiger partial charge < -0.3 is 5.11 Å². The Kier molecular flexibility index (Phi) is 5.87. The van der Waals surface area contributed by atoms with Crippen LogP contribution in [0.3, 0.4) is 0 Å². The topological polar surface area (TPSA) is 55.1 Å². The lowest BCUT2D eigenvalue weighted by atomic mass is 9.97. The normalized spacial score (nSPS) is 11.0. The van der Waals surface area contributed by atoms with E-state index in [2.05, 4.69) is 56.2 Å². The molecule has 1 heterocycles. The second-order valence-corrected chi connectivity index (χ2v) is 7.10. The molecule has 0 saturated carbocycles. The minimum atomic E-state index is -0.438. The van der Waals surface area contributed by atoms with Crippen LogP contribution in [0.1, 0.15) is 33.5 Å². The van der Waals surface area contributed by atoms with Crippen molar-refractivity contribution in [2.45, 2.75) is 40.0 Å². The summed E-state index contributed by atoms with van der Waals surface area (Å²) in [6.45, 7) is 5.89. The first kappa shape index (κ1) is 19.1. The molecule has 0 aliphatic carbocycles. The molecule has 0 atom stereocenters. The summed E-state index contributed by atoms with van der Waals surface area (Å²) < 4.78 is 1.92. The number of aromatic nitrogens is 2. The zero-order chi connectivity index (χ0) is 19.4. The third-order valence-electron chi connectivity index (χ3n) is 5.15. The zero-order valence-corrected chi connectivity index (χ0v) is 16.2. The lowest BCUT2D eigenvalue weighted by Gasteiger charge is -2.12. The van der Waals surface area contributed by atoms with Crippen molar-refractivity contribution < 1.29 is 9.90 Å². The maximum absolute atomic E-state index is 11.8. The van der Waals surface area contributed by atoms with E-state index in [1.807, 2.05) is 16.8 Å². The molecule has 0 fully saturated rings.